The second-order valence-corrected chi connectivity index (χ2v) is 6.84. The highest BCUT2D eigenvalue weighted by atomic mass is 16.5. The molecule has 6 nitrogen and oxygen atoms in total. The van der Waals surface area contributed by atoms with Gasteiger partial charge in [0, 0.05) is 18.0 Å². The molecule has 0 aliphatic carbocycles. The summed E-state index contributed by atoms with van der Waals surface area (Å²) in [4.78, 5) is 4.77. The zero-order chi connectivity index (χ0) is 21.3. The lowest BCUT2D eigenvalue weighted by molar-refractivity contribution is 0.233. The summed E-state index contributed by atoms with van der Waals surface area (Å²) in [6.07, 6.45) is 6.48. The van der Waals surface area contributed by atoms with Crippen molar-refractivity contribution in [2.24, 2.45) is 5.73 Å². The summed E-state index contributed by atoms with van der Waals surface area (Å²) in [5.41, 5.74) is 9.92. The monoisotopic (exact) mass is 383 g/mol. The minimum Gasteiger partial charge on any atom is -0.498 e. The van der Waals surface area contributed by atoms with Crippen LogP contribution in [0.4, 0.5) is 5.69 Å². The van der Waals surface area contributed by atoms with Crippen LogP contribution >= 0.6 is 0 Å². The first-order valence-corrected chi connectivity index (χ1v) is 9.53. The zero-order valence-corrected chi connectivity index (χ0v) is 17.6. The smallest absolute Gasteiger partial charge is 0.108 e. The largest absolute Gasteiger partial charge is 0.498 e. The van der Waals surface area contributed by atoms with Gasteiger partial charge in [0.25, 0.3) is 0 Å². The summed E-state index contributed by atoms with van der Waals surface area (Å²) in [5, 5.41) is 19.3. The first-order chi connectivity index (χ1) is 13.2. The lowest BCUT2D eigenvalue weighted by atomic mass is 9.99. The van der Waals surface area contributed by atoms with Crippen LogP contribution in [0.3, 0.4) is 0 Å². The van der Waals surface area contributed by atoms with Crippen molar-refractivity contribution >= 4 is 22.8 Å². The molecule has 0 aliphatic rings. The van der Waals surface area contributed by atoms with E-state index in [9.17, 15) is 0 Å². The van der Waals surface area contributed by atoms with E-state index in [4.69, 9.17) is 26.3 Å². The molecule has 0 fully saturated rings. The Hall–Kier alpha value is -2.89. The molecular weight excluding hydrogens is 350 g/mol. The number of allylic oxidation sites excluding steroid dienone is 5. The molecule has 0 aliphatic heterocycles. The molecule has 152 valence electrons. The summed E-state index contributed by atoms with van der Waals surface area (Å²) in [6, 6.07) is 2.17. The fraction of sp³-hybridized carbons (Fsp3) is 0.409. The van der Waals surface area contributed by atoms with Crippen molar-refractivity contribution in [3.63, 3.8) is 0 Å². The summed E-state index contributed by atoms with van der Waals surface area (Å²) in [7, 11) is 0. The van der Waals surface area contributed by atoms with Crippen LogP contribution in [0.2, 0.25) is 0 Å². The molecule has 28 heavy (non-hydrogen) atoms. The summed E-state index contributed by atoms with van der Waals surface area (Å²) < 4.78 is 5.72. The van der Waals surface area contributed by atoms with E-state index in [0.29, 0.717) is 30.9 Å². The van der Waals surface area contributed by atoms with Gasteiger partial charge in [0.15, 0.2) is 0 Å². The van der Waals surface area contributed by atoms with Gasteiger partial charge >= 0.3 is 0 Å². The molecule has 5 N–H and O–H groups in total. The van der Waals surface area contributed by atoms with Gasteiger partial charge in [-0.05, 0) is 58.7 Å². The lowest BCUT2D eigenvalue weighted by Gasteiger charge is -2.20. The van der Waals surface area contributed by atoms with Gasteiger partial charge in [0.1, 0.15) is 11.5 Å². The van der Waals surface area contributed by atoms with E-state index in [1.807, 2.05) is 45.9 Å². The molecule has 0 bridgehead atoms. The average molecular weight is 384 g/mol. The standard InChI is InChI=1S/C22H33N5O/c1-7-9-10-18(16(6)28-8-2)19-13-17(11-12-20(24)25)22(26-14(3)4)21(27-19)15(5)23/h7,9-10,13-14,23,26H,1,8,11-12H2,2-6H3,(H3,24,25)/b10-9-,18-16-,23-15?. The van der Waals surface area contributed by atoms with Gasteiger partial charge in [-0.3, -0.25) is 5.41 Å². The maximum Gasteiger partial charge on any atom is 0.108 e. The molecule has 0 spiro atoms. The molecule has 0 saturated heterocycles. The van der Waals surface area contributed by atoms with Crippen LogP contribution in [0.15, 0.2) is 36.6 Å². The third-order valence-electron chi connectivity index (χ3n) is 3.97. The Morgan fingerprint density at radius 1 is 1.36 bits per heavy atom. The van der Waals surface area contributed by atoms with Gasteiger partial charge in [-0.2, -0.15) is 0 Å². The van der Waals surface area contributed by atoms with Crippen LogP contribution in [0, 0.1) is 10.8 Å². The van der Waals surface area contributed by atoms with E-state index >= 15 is 0 Å². The number of ether oxygens (including phenoxy) is 1. The Balaban J connectivity index is 3.71. The van der Waals surface area contributed by atoms with E-state index in [2.05, 4.69) is 11.9 Å². The quantitative estimate of drug-likeness (QED) is 0.193. The number of hydrogen-bond donors (Lipinski definition) is 4. The number of nitrogens with zero attached hydrogens (tertiary/aromatic N) is 1. The second-order valence-electron chi connectivity index (χ2n) is 6.84. The number of nitrogens with one attached hydrogen (secondary N) is 3. The average Bonchev–Trinajstić information content (AvgIpc) is 2.60. The van der Waals surface area contributed by atoms with Gasteiger partial charge in [-0.1, -0.05) is 18.7 Å². The van der Waals surface area contributed by atoms with Crippen LogP contribution in [0.25, 0.3) is 5.57 Å². The van der Waals surface area contributed by atoms with E-state index in [0.717, 1.165) is 28.3 Å². The molecule has 1 heterocycles. The normalized spacial score (nSPS) is 12.1. The van der Waals surface area contributed by atoms with Gasteiger partial charge in [0.2, 0.25) is 0 Å². The molecule has 1 aromatic heterocycles. The molecule has 0 radical (unpaired) electrons. The van der Waals surface area contributed by atoms with Crippen molar-refractivity contribution in [1.82, 2.24) is 4.98 Å². The minimum atomic E-state index is 0.134. The van der Waals surface area contributed by atoms with Gasteiger partial charge in [-0.25, -0.2) is 4.98 Å². The minimum absolute atomic E-state index is 0.134. The van der Waals surface area contributed by atoms with Crippen molar-refractivity contribution in [2.45, 2.75) is 53.5 Å². The molecule has 0 amide bonds. The highest BCUT2D eigenvalue weighted by Crippen LogP contribution is 2.29. The Bertz CT molecular complexity index is 790. The number of pyridine rings is 1. The number of rotatable bonds is 11. The van der Waals surface area contributed by atoms with Gasteiger partial charge in [0.05, 0.1) is 29.5 Å². The lowest BCUT2D eigenvalue weighted by Crippen LogP contribution is -2.18. The number of amidine groups is 1. The van der Waals surface area contributed by atoms with E-state index < -0.39 is 0 Å². The molecule has 6 heteroatoms. The predicted octanol–water partition coefficient (Wildman–Crippen LogP) is 4.67. The Morgan fingerprint density at radius 2 is 2.04 bits per heavy atom. The second kappa shape index (κ2) is 11.1. The summed E-state index contributed by atoms with van der Waals surface area (Å²) in [5.74, 6) is 0.888. The molecule has 0 atom stereocenters. The highest BCUT2D eigenvalue weighted by Gasteiger charge is 2.18. The molecule has 1 aromatic rings. The molecular formula is C22H33N5O. The number of anilines is 1. The van der Waals surface area contributed by atoms with Crippen LogP contribution in [0.1, 0.15) is 58.0 Å². The van der Waals surface area contributed by atoms with E-state index in [-0.39, 0.29) is 11.9 Å². The van der Waals surface area contributed by atoms with Crippen molar-refractivity contribution in [3.05, 3.63) is 53.6 Å². The topological polar surface area (TPSA) is 108 Å². The third kappa shape index (κ3) is 6.68. The number of aryl methyl sites for hydroxylation is 1. The number of nitrogens with two attached hydrogens (primary N) is 1. The van der Waals surface area contributed by atoms with Crippen LogP contribution in [-0.2, 0) is 11.2 Å². The molecule has 1 rings (SSSR count). The van der Waals surface area contributed by atoms with Crippen LogP contribution in [0.5, 0.6) is 0 Å². The van der Waals surface area contributed by atoms with E-state index in [1.165, 1.54) is 0 Å². The fourth-order valence-corrected chi connectivity index (χ4v) is 2.77. The van der Waals surface area contributed by atoms with Gasteiger partial charge < -0.3 is 21.2 Å². The number of hydrogen-bond acceptors (Lipinski definition) is 5. The SMILES string of the molecule is C=C/C=C\C(=C(/C)OCC)c1cc(CCC(=N)N)c(NC(C)C)c(C(C)=N)n1. The summed E-state index contributed by atoms with van der Waals surface area (Å²) >= 11 is 0. The van der Waals surface area contributed by atoms with E-state index in [1.54, 1.807) is 13.0 Å². The molecule has 0 saturated carbocycles. The fourth-order valence-electron chi connectivity index (χ4n) is 2.77. The zero-order valence-electron chi connectivity index (χ0n) is 17.6. The number of aromatic nitrogens is 1. The Labute approximate surface area is 168 Å². The van der Waals surface area contributed by atoms with Gasteiger partial charge in [-0.15, -0.1) is 0 Å². The first-order valence-electron chi connectivity index (χ1n) is 9.53. The molecule has 0 aromatic carbocycles. The molecule has 0 unspecified atom stereocenters. The predicted molar refractivity (Wildman–Crippen MR) is 119 cm³/mol. The van der Waals surface area contributed by atoms with Crippen molar-refractivity contribution in [3.8, 4) is 0 Å². The highest BCUT2D eigenvalue weighted by molar-refractivity contribution is 6.01. The van der Waals surface area contributed by atoms with Crippen molar-refractivity contribution in [1.29, 1.82) is 10.8 Å². The Kier molecular flexibility index (Phi) is 9.15. The van der Waals surface area contributed by atoms with Crippen LogP contribution in [-0.4, -0.2) is 29.2 Å². The first kappa shape index (κ1) is 23.1. The maximum atomic E-state index is 8.25. The van der Waals surface area contributed by atoms with Crippen LogP contribution < -0.4 is 11.1 Å². The summed E-state index contributed by atoms with van der Waals surface area (Å²) in [6.45, 7) is 13.9. The maximum absolute atomic E-state index is 8.25. The Morgan fingerprint density at radius 3 is 2.54 bits per heavy atom. The third-order valence-corrected chi connectivity index (χ3v) is 3.97. The van der Waals surface area contributed by atoms with Crippen molar-refractivity contribution in [2.75, 3.05) is 11.9 Å². The van der Waals surface area contributed by atoms with Crippen molar-refractivity contribution < 1.29 is 4.74 Å².